The van der Waals surface area contributed by atoms with Gasteiger partial charge in [-0.05, 0) is 36.6 Å². The molecule has 1 heterocycles. The molecule has 0 fully saturated rings. The van der Waals surface area contributed by atoms with Crippen molar-refractivity contribution in [2.24, 2.45) is 0 Å². The number of hydrogen-bond acceptors (Lipinski definition) is 2. The Balaban J connectivity index is 1.98. The van der Waals surface area contributed by atoms with Crippen LogP contribution in [-0.2, 0) is 6.18 Å². The number of benzene rings is 3. The highest BCUT2D eigenvalue weighted by Crippen LogP contribution is 2.44. The second-order valence-corrected chi connectivity index (χ2v) is 6.00. The molecule has 1 amide bonds. The minimum absolute atomic E-state index is 0.0954. The lowest BCUT2D eigenvalue weighted by molar-refractivity contribution is -0.137. The molecule has 1 aliphatic rings. The maximum absolute atomic E-state index is 13.1. The predicted octanol–water partition coefficient (Wildman–Crippen LogP) is 5.63. The standard InChI is InChI=1S/C20H14F3NO2/c1-2-24-16-9-7-12-5-3-4-6-14(12)18(16)26-17-10-8-13(20(21,22)23)11-15(17)19(24)25/h3-11H,2H2,1H3. The summed E-state index contributed by atoms with van der Waals surface area (Å²) < 4.78 is 45.2. The Kier molecular flexibility index (Phi) is 3.64. The highest BCUT2D eigenvalue weighted by molar-refractivity contribution is 6.11. The molecule has 1 aliphatic heterocycles. The zero-order chi connectivity index (χ0) is 18.5. The van der Waals surface area contributed by atoms with Gasteiger partial charge in [-0.3, -0.25) is 4.79 Å². The number of amides is 1. The van der Waals surface area contributed by atoms with Gasteiger partial charge in [0, 0.05) is 11.9 Å². The average Bonchev–Trinajstić information content (AvgIpc) is 2.74. The molecule has 0 aromatic heterocycles. The first-order valence-corrected chi connectivity index (χ1v) is 8.13. The Morgan fingerprint density at radius 3 is 2.54 bits per heavy atom. The van der Waals surface area contributed by atoms with Crippen molar-refractivity contribution in [3.8, 4) is 11.5 Å². The number of nitrogens with zero attached hydrogens (tertiary/aromatic N) is 1. The predicted molar refractivity (Wildman–Crippen MR) is 92.8 cm³/mol. The molecule has 0 radical (unpaired) electrons. The molecule has 0 N–H and O–H groups in total. The molecule has 3 nitrogen and oxygen atoms in total. The number of fused-ring (bicyclic) bond motifs is 4. The zero-order valence-electron chi connectivity index (χ0n) is 13.8. The van der Waals surface area contributed by atoms with Crippen LogP contribution in [0.2, 0.25) is 0 Å². The van der Waals surface area contributed by atoms with Gasteiger partial charge in [0.1, 0.15) is 5.75 Å². The second kappa shape index (κ2) is 5.76. The Morgan fingerprint density at radius 1 is 1.04 bits per heavy atom. The fraction of sp³-hybridized carbons (Fsp3) is 0.150. The molecule has 0 bridgehead atoms. The van der Waals surface area contributed by atoms with E-state index in [4.69, 9.17) is 4.74 Å². The summed E-state index contributed by atoms with van der Waals surface area (Å²) in [7, 11) is 0. The van der Waals surface area contributed by atoms with Crippen molar-refractivity contribution in [1.82, 2.24) is 0 Å². The van der Waals surface area contributed by atoms with E-state index in [1.807, 2.05) is 30.3 Å². The van der Waals surface area contributed by atoms with Crippen LogP contribution >= 0.6 is 0 Å². The lowest BCUT2D eigenvalue weighted by Crippen LogP contribution is -2.30. The molecule has 0 spiro atoms. The van der Waals surface area contributed by atoms with E-state index in [2.05, 4.69) is 0 Å². The first-order chi connectivity index (χ1) is 12.4. The summed E-state index contributed by atoms with van der Waals surface area (Å²) in [6, 6.07) is 14.1. The molecule has 0 aliphatic carbocycles. The van der Waals surface area contributed by atoms with E-state index in [9.17, 15) is 18.0 Å². The van der Waals surface area contributed by atoms with Crippen molar-refractivity contribution in [3.63, 3.8) is 0 Å². The average molecular weight is 357 g/mol. The third kappa shape index (κ3) is 2.49. The maximum atomic E-state index is 13.1. The molecule has 0 unspecified atom stereocenters. The van der Waals surface area contributed by atoms with Gasteiger partial charge < -0.3 is 9.64 Å². The number of rotatable bonds is 1. The summed E-state index contributed by atoms with van der Waals surface area (Å²) in [6.45, 7) is 2.08. The number of carbonyl (C=O) groups excluding carboxylic acids is 1. The fourth-order valence-electron chi connectivity index (χ4n) is 3.19. The molecule has 26 heavy (non-hydrogen) atoms. The van der Waals surface area contributed by atoms with E-state index >= 15 is 0 Å². The van der Waals surface area contributed by atoms with Crippen LogP contribution in [0.4, 0.5) is 18.9 Å². The van der Waals surface area contributed by atoms with Crippen LogP contribution in [0.1, 0.15) is 22.8 Å². The van der Waals surface area contributed by atoms with E-state index in [0.29, 0.717) is 18.0 Å². The minimum Gasteiger partial charge on any atom is -0.454 e. The van der Waals surface area contributed by atoms with Gasteiger partial charge in [-0.25, -0.2) is 0 Å². The van der Waals surface area contributed by atoms with Crippen LogP contribution in [0, 0.1) is 0 Å². The Labute approximate surface area is 147 Å². The van der Waals surface area contributed by atoms with Gasteiger partial charge in [0.25, 0.3) is 5.91 Å². The van der Waals surface area contributed by atoms with Crippen LogP contribution in [0.25, 0.3) is 10.8 Å². The number of anilines is 1. The van der Waals surface area contributed by atoms with Crippen molar-refractivity contribution >= 4 is 22.4 Å². The van der Waals surface area contributed by atoms with Crippen molar-refractivity contribution in [3.05, 3.63) is 65.7 Å². The summed E-state index contributed by atoms with van der Waals surface area (Å²) in [5.41, 5.74) is -0.428. The summed E-state index contributed by atoms with van der Waals surface area (Å²) in [6.07, 6.45) is -4.53. The van der Waals surface area contributed by atoms with Gasteiger partial charge in [-0.15, -0.1) is 0 Å². The number of carbonyl (C=O) groups is 1. The molecule has 4 rings (SSSR count). The molecule has 132 valence electrons. The van der Waals surface area contributed by atoms with E-state index in [0.717, 1.165) is 22.9 Å². The topological polar surface area (TPSA) is 29.5 Å². The van der Waals surface area contributed by atoms with Crippen molar-refractivity contribution in [2.75, 3.05) is 11.4 Å². The molecule has 0 atom stereocenters. The Hall–Kier alpha value is -3.02. The zero-order valence-corrected chi connectivity index (χ0v) is 13.8. The number of hydrogen-bond donors (Lipinski definition) is 0. The van der Waals surface area contributed by atoms with Crippen molar-refractivity contribution in [2.45, 2.75) is 13.1 Å². The lowest BCUT2D eigenvalue weighted by atomic mass is 10.1. The molecular weight excluding hydrogens is 343 g/mol. The number of ether oxygens (including phenoxy) is 1. The third-order valence-electron chi connectivity index (χ3n) is 4.46. The SMILES string of the molecule is CCN1C(=O)c2cc(C(F)(F)F)ccc2Oc2c1ccc1ccccc21. The maximum Gasteiger partial charge on any atom is 0.416 e. The molecule has 6 heteroatoms. The van der Waals surface area contributed by atoms with Gasteiger partial charge in [0.2, 0.25) is 0 Å². The summed E-state index contributed by atoms with van der Waals surface area (Å²) in [4.78, 5) is 14.4. The molecule has 3 aromatic carbocycles. The number of alkyl halides is 3. The summed E-state index contributed by atoms with van der Waals surface area (Å²) >= 11 is 0. The van der Waals surface area contributed by atoms with E-state index in [1.165, 1.54) is 11.0 Å². The summed E-state index contributed by atoms with van der Waals surface area (Å²) in [5, 5.41) is 1.72. The van der Waals surface area contributed by atoms with E-state index < -0.39 is 17.6 Å². The summed E-state index contributed by atoms with van der Waals surface area (Å²) in [5.74, 6) is 0.0796. The third-order valence-corrected chi connectivity index (χ3v) is 4.46. The van der Waals surface area contributed by atoms with Gasteiger partial charge in [0.15, 0.2) is 5.75 Å². The largest absolute Gasteiger partial charge is 0.454 e. The van der Waals surface area contributed by atoms with Gasteiger partial charge in [0.05, 0.1) is 16.8 Å². The number of halogens is 3. The normalized spacial score (nSPS) is 13.8. The van der Waals surface area contributed by atoms with Gasteiger partial charge in [-0.1, -0.05) is 30.3 Å². The first kappa shape index (κ1) is 16.4. The van der Waals surface area contributed by atoms with Crippen molar-refractivity contribution < 1.29 is 22.7 Å². The van der Waals surface area contributed by atoms with Crippen LogP contribution in [0.5, 0.6) is 11.5 Å². The smallest absolute Gasteiger partial charge is 0.416 e. The highest BCUT2D eigenvalue weighted by atomic mass is 19.4. The molecule has 0 saturated carbocycles. The molecule has 3 aromatic rings. The van der Waals surface area contributed by atoms with Crippen LogP contribution in [-0.4, -0.2) is 12.5 Å². The van der Waals surface area contributed by atoms with Gasteiger partial charge in [-0.2, -0.15) is 13.2 Å². The van der Waals surface area contributed by atoms with E-state index in [-0.39, 0.29) is 11.3 Å². The highest BCUT2D eigenvalue weighted by Gasteiger charge is 2.34. The van der Waals surface area contributed by atoms with E-state index in [1.54, 1.807) is 13.0 Å². The lowest BCUT2D eigenvalue weighted by Gasteiger charge is -2.21. The quantitative estimate of drug-likeness (QED) is 0.565. The van der Waals surface area contributed by atoms with Crippen LogP contribution < -0.4 is 9.64 Å². The first-order valence-electron chi connectivity index (χ1n) is 8.13. The second-order valence-electron chi connectivity index (χ2n) is 6.00. The monoisotopic (exact) mass is 357 g/mol. The Morgan fingerprint density at radius 2 is 1.81 bits per heavy atom. The molecule has 0 saturated heterocycles. The van der Waals surface area contributed by atoms with Crippen LogP contribution in [0.3, 0.4) is 0 Å². The van der Waals surface area contributed by atoms with Crippen LogP contribution in [0.15, 0.2) is 54.6 Å². The van der Waals surface area contributed by atoms with Gasteiger partial charge >= 0.3 is 6.18 Å². The fourth-order valence-corrected chi connectivity index (χ4v) is 3.19. The Bertz CT molecular complexity index is 1030. The van der Waals surface area contributed by atoms with Crippen molar-refractivity contribution in [1.29, 1.82) is 0 Å². The molecular formula is C20H14F3NO2. The minimum atomic E-state index is -4.53.